The Morgan fingerprint density at radius 2 is 1.75 bits per heavy atom. The average Bonchev–Trinajstić information content (AvgIpc) is 2.79. The normalized spacial score (nSPS) is 18.3. The lowest BCUT2D eigenvalue weighted by molar-refractivity contribution is -0.137. The monoisotopic (exact) mass is 396 g/mol. The molecule has 2 aromatic rings. The number of hydrogen-bond donors (Lipinski definition) is 0. The second-order valence-electron chi connectivity index (χ2n) is 7.64. The summed E-state index contributed by atoms with van der Waals surface area (Å²) in [5.74, 6) is 2.38. The van der Waals surface area contributed by atoms with Crippen LogP contribution in [0.4, 0.5) is 5.82 Å². The van der Waals surface area contributed by atoms with Crippen LogP contribution in [0, 0.1) is 5.92 Å². The molecular formula is C22H28N4OS. The van der Waals surface area contributed by atoms with Gasteiger partial charge in [0.25, 0.3) is 0 Å². The van der Waals surface area contributed by atoms with E-state index in [9.17, 15) is 4.79 Å². The first-order valence-electron chi connectivity index (χ1n) is 10.3. The van der Waals surface area contributed by atoms with E-state index in [-0.39, 0.29) is 5.92 Å². The fourth-order valence-corrected chi connectivity index (χ4v) is 4.82. The third-order valence-corrected chi connectivity index (χ3v) is 6.64. The Kier molecular flexibility index (Phi) is 6.47. The predicted octanol–water partition coefficient (Wildman–Crippen LogP) is 4.00. The molecule has 0 N–H and O–H groups in total. The highest BCUT2D eigenvalue weighted by molar-refractivity contribution is 7.98. The van der Waals surface area contributed by atoms with Crippen molar-refractivity contribution in [2.45, 2.75) is 42.9 Å². The average molecular weight is 397 g/mol. The molecule has 1 aromatic heterocycles. The van der Waals surface area contributed by atoms with E-state index in [2.05, 4.69) is 39.0 Å². The SMILES string of the molecule is O=C(C1CCN(c2cncc(SCc3ccccc3)n2)CC1)N1CCCCC1. The quantitative estimate of drug-likeness (QED) is 0.715. The lowest BCUT2D eigenvalue weighted by Crippen LogP contribution is -2.44. The van der Waals surface area contributed by atoms with Crippen LogP contribution >= 0.6 is 11.8 Å². The molecule has 1 aromatic carbocycles. The Hall–Kier alpha value is -2.08. The van der Waals surface area contributed by atoms with Gasteiger partial charge in [-0.2, -0.15) is 0 Å². The number of anilines is 1. The van der Waals surface area contributed by atoms with Crippen molar-refractivity contribution in [2.75, 3.05) is 31.1 Å². The minimum Gasteiger partial charge on any atom is -0.355 e. The van der Waals surface area contributed by atoms with Crippen LogP contribution in [0.3, 0.4) is 0 Å². The number of carbonyl (C=O) groups excluding carboxylic acids is 1. The highest BCUT2D eigenvalue weighted by Gasteiger charge is 2.29. The summed E-state index contributed by atoms with van der Waals surface area (Å²) in [6.45, 7) is 3.66. The Morgan fingerprint density at radius 3 is 2.50 bits per heavy atom. The van der Waals surface area contributed by atoms with Crippen LogP contribution in [0.1, 0.15) is 37.7 Å². The molecular weight excluding hydrogens is 368 g/mol. The van der Waals surface area contributed by atoms with Crippen LogP contribution in [0.15, 0.2) is 47.8 Å². The number of rotatable bonds is 5. The molecule has 0 atom stereocenters. The Morgan fingerprint density at radius 1 is 1.00 bits per heavy atom. The molecule has 1 amide bonds. The first-order valence-corrected chi connectivity index (χ1v) is 11.3. The molecule has 0 bridgehead atoms. The van der Waals surface area contributed by atoms with E-state index in [1.165, 1.54) is 12.0 Å². The molecule has 5 nitrogen and oxygen atoms in total. The molecule has 3 heterocycles. The van der Waals surface area contributed by atoms with Gasteiger partial charge in [0.15, 0.2) is 0 Å². The van der Waals surface area contributed by atoms with Gasteiger partial charge in [-0.05, 0) is 37.7 Å². The van der Waals surface area contributed by atoms with Gasteiger partial charge >= 0.3 is 0 Å². The van der Waals surface area contributed by atoms with E-state index in [0.717, 1.165) is 68.5 Å². The molecule has 2 aliphatic heterocycles. The van der Waals surface area contributed by atoms with E-state index in [0.29, 0.717) is 5.91 Å². The molecule has 28 heavy (non-hydrogen) atoms. The maximum atomic E-state index is 12.7. The van der Waals surface area contributed by atoms with Gasteiger partial charge in [0, 0.05) is 37.8 Å². The third kappa shape index (κ3) is 4.85. The number of hydrogen-bond acceptors (Lipinski definition) is 5. The second kappa shape index (κ2) is 9.41. The molecule has 0 radical (unpaired) electrons. The summed E-state index contributed by atoms with van der Waals surface area (Å²) in [6.07, 6.45) is 9.10. The summed E-state index contributed by atoms with van der Waals surface area (Å²) < 4.78 is 0. The van der Waals surface area contributed by atoms with Gasteiger partial charge < -0.3 is 9.80 Å². The van der Waals surface area contributed by atoms with Gasteiger partial charge in [0.2, 0.25) is 5.91 Å². The zero-order valence-electron chi connectivity index (χ0n) is 16.3. The molecule has 2 aliphatic rings. The molecule has 0 unspecified atom stereocenters. The lowest BCUT2D eigenvalue weighted by atomic mass is 9.94. The first kappa shape index (κ1) is 19.2. The van der Waals surface area contributed by atoms with Crippen molar-refractivity contribution in [1.29, 1.82) is 0 Å². The van der Waals surface area contributed by atoms with Gasteiger partial charge in [0.05, 0.1) is 12.4 Å². The summed E-state index contributed by atoms with van der Waals surface area (Å²) in [5, 5.41) is 0.952. The largest absolute Gasteiger partial charge is 0.355 e. The Balaban J connectivity index is 1.31. The van der Waals surface area contributed by atoms with E-state index >= 15 is 0 Å². The number of piperidine rings is 2. The third-order valence-electron chi connectivity index (χ3n) is 5.67. The minimum atomic E-state index is 0.179. The van der Waals surface area contributed by atoms with Crippen LogP contribution in [-0.2, 0) is 10.5 Å². The highest BCUT2D eigenvalue weighted by atomic mass is 32.2. The van der Waals surface area contributed by atoms with E-state index in [4.69, 9.17) is 4.98 Å². The molecule has 0 spiro atoms. The number of thioether (sulfide) groups is 1. The van der Waals surface area contributed by atoms with E-state index in [1.807, 2.05) is 18.5 Å². The molecule has 6 heteroatoms. The van der Waals surface area contributed by atoms with Crippen LogP contribution in [0.25, 0.3) is 0 Å². The molecule has 2 saturated heterocycles. The van der Waals surface area contributed by atoms with Gasteiger partial charge in [-0.3, -0.25) is 9.78 Å². The summed E-state index contributed by atoms with van der Waals surface area (Å²) in [6, 6.07) is 10.4. The van der Waals surface area contributed by atoms with E-state index < -0.39 is 0 Å². The smallest absolute Gasteiger partial charge is 0.225 e. The maximum absolute atomic E-state index is 12.7. The molecule has 2 fully saturated rings. The number of carbonyl (C=O) groups is 1. The van der Waals surface area contributed by atoms with E-state index in [1.54, 1.807) is 11.8 Å². The zero-order valence-corrected chi connectivity index (χ0v) is 17.1. The van der Waals surface area contributed by atoms with Crippen molar-refractivity contribution in [3.8, 4) is 0 Å². The van der Waals surface area contributed by atoms with Crippen LogP contribution in [0.5, 0.6) is 0 Å². The summed E-state index contributed by atoms with van der Waals surface area (Å²) >= 11 is 1.71. The standard InChI is InChI=1S/C22H28N4OS/c27-22(26-11-5-2-6-12-26)19-9-13-25(14-10-19)20-15-23-16-21(24-20)28-17-18-7-3-1-4-8-18/h1,3-4,7-8,15-16,19H,2,5-6,9-14,17H2. The lowest BCUT2D eigenvalue weighted by Gasteiger charge is -2.36. The minimum absolute atomic E-state index is 0.179. The van der Waals surface area contributed by atoms with Gasteiger partial charge in [-0.15, -0.1) is 11.8 Å². The molecule has 4 rings (SSSR count). The van der Waals surface area contributed by atoms with Gasteiger partial charge in [0.1, 0.15) is 10.8 Å². The van der Waals surface area contributed by atoms with Crippen molar-refractivity contribution in [3.05, 3.63) is 48.3 Å². The fourth-order valence-electron chi connectivity index (χ4n) is 4.02. The Bertz CT molecular complexity index is 771. The zero-order chi connectivity index (χ0) is 19.2. The maximum Gasteiger partial charge on any atom is 0.225 e. The summed E-state index contributed by atoms with van der Waals surface area (Å²) in [7, 11) is 0. The first-order chi connectivity index (χ1) is 13.8. The highest BCUT2D eigenvalue weighted by Crippen LogP contribution is 2.27. The number of likely N-dealkylation sites (tertiary alicyclic amines) is 1. The molecule has 0 saturated carbocycles. The number of amides is 1. The topological polar surface area (TPSA) is 49.3 Å². The molecule has 148 valence electrons. The van der Waals surface area contributed by atoms with Gasteiger partial charge in [-0.25, -0.2) is 4.98 Å². The van der Waals surface area contributed by atoms with Crippen LogP contribution in [0.2, 0.25) is 0 Å². The predicted molar refractivity (Wildman–Crippen MR) is 113 cm³/mol. The van der Waals surface area contributed by atoms with Gasteiger partial charge in [-0.1, -0.05) is 30.3 Å². The van der Waals surface area contributed by atoms with Crippen molar-refractivity contribution in [3.63, 3.8) is 0 Å². The van der Waals surface area contributed by atoms with Crippen LogP contribution in [-0.4, -0.2) is 47.0 Å². The van der Waals surface area contributed by atoms with Crippen molar-refractivity contribution < 1.29 is 4.79 Å². The fraction of sp³-hybridized carbons (Fsp3) is 0.500. The Labute approximate surface area is 171 Å². The summed E-state index contributed by atoms with van der Waals surface area (Å²) in [5.41, 5.74) is 1.29. The van der Waals surface area contributed by atoms with Crippen molar-refractivity contribution in [1.82, 2.24) is 14.9 Å². The van der Waals surface area contributed by atoms with Crippen molar-refractivity contribution >= 4 is 23.5 Å². The number of nitrogens with zero attached hydrogens (tertiary/aromatic N) is 4. The summed E-state index contributed by atoms with van der Waals surface area (Å²) in [4.78, 5) is 26.3. The molecule has 0 aliphatic carbocycles. The number of aromatic nitrogens is 2. The number of benzene rings is 1. The van der Waals surface area contributed by atoms with Crippen molar-refractivity contribution in [2.24, 2.45) is 5.92 Å². The second-order valence-corrected chi connectivity index (χ2v) is 8.63. The van der Waals surface area contributed by atoms with Crippen LogP contribution < -0.4 is 4.90 Å².